The van der Waals surface area contributed by atoms with Gasteiger partial charge in [0.2, 0.25) is 11.8 Å². The molecule has 0 saturated heterocycles. The predicted octanol–water partition coefficient (Wildman–Crippen LogP) is 3.13. The first-order valence-corrected chi connectivity index (χ1v) is 9.00. The molecule has 0 spiro atoms. The Morgan fingerprint density at radius 1 is 1.23 bits per heavy atom. The summed E-state index contributed by atoms with van der Waals surface area (Å²) in [7, 11) is 0. The summed E-state index contributed by atoms with van der Waals surface area (Å²) >= 11 is 0. The second kappa shape index (κ2) is 6.78. The molecule has 2 amide bonds. The molecule has 0 bridgehead atoms. The molecule has 4 rings (SSSR count). The number of hydrogen-bond acceptors (Lipinski definition) is 3. The maximum absolute atomic E-state index is 12.4. The van der Waals surface area contributed by atoms with Gasteiger partial charge in [0.25, 0.3) is 0 Å². The predicted molar refractivity (Wildman–Crippen MR) is 99.9 cm³/mol. The van der Waals surface area contributed by atoms with Gasteiger partial charge in [0.05, 0.1) is 6.04 Å². The van der Waals surface area contributed by atoms with Crippen LogP contribution in [-0.4, -0.2) is 28.1 Å². The number of fused-ring (bicyclic) bond motifs is 1. The Morgan fingerprint density at radius 3 is 2.73 bits per heavy atom. The molecule has 1 N–H and O–H groups in total. The zero-order valence-corrected chi connectivity index (χ0v) is 14.8. The minimum Gasteiger partial charge on any atom is -0.326 e. The van der Waals surface area contributed by atoms with Crippen molar-refractivity contribution in [1.82, 2.24) is 9.78 Å². The number of aromatic nitrogens is 2. The van der Waals surface area contributed by atoms with Crippen LogP contribution in [0.5, 0.6) is 0 Å². The van der Waals surface area contributed by atoms with E-state index in [4.69, 9.17) is 0 Å². The number of allylic oxidation sites excluding steroid dienone is 2. The first kappa shape index (κ1) is 16.6. The average Bonchev–Trinajstić information content (AvgIpc) is 3.34. The third kappa shape index (κ3) is 3.03. The highest BCUT2D eigenvalue weighted by Crippen LogP contribution is 2.38. The first-order valence-electron chi connectivity index (χ1n) is 9.00. The van der Waals surface area contributed by atoms with Crippen LogP contribution >= 0.6 is 0 Å². The molecule has 6 heteroatoms. The van der Waals surface area contributed by atoms with E-state index < -0.39 is 0 Å². The van der Waals surface area contributed by atoms with Crippen LogP contribution in [-0.2, 0) is 9.59 Å². The van der Waals surface area contributed by atoms with Gasteiger partial charge >= 0.3 is 0 Å². The number of rotatable bonds is 3. The van der Waals surface area contributed by atoms with Crippen molar-refractivity contribution in [3.8, 4) is 0 Å². The lowest BCUT2D eigenvalue weighted by Crippen LogP contribution is -2.36. The SMILES string of the molecule is CC(=O)N1CCC(n2cccn2)c2cc(NC(=O)C3CC=CC3)ccc21. The molecule has 2 heterocycles. The van der Waals surface area contributed by atoms with Crippen molar-refractivity contribution in [1.29, 1.82) is 0 Å². The van der Waals surface area contributed by atoms with Gasteiger partial charge in [-0.2, -0.15) is 5.10 Å². The standard InChI is InChI=1S/C20H22N4O2/c1-14(25)23-12-9-19(24-11-4-10-21-24)17-13-16(7-8-18(17)23)22-20(26)15-5-2-3-6-15/h2-4,7-8,10-11,13,15,19H,5-6,9,12H2,1H3,(H,22,26). The lowest BCUT2D eigenvalue weighted by atomic mass is 9.95. The van der Waals surface area contributed by atoms with E-state index >= 15 is 0 Å². The Kier molecular flexibility index (Phi) is 4.32. The zero-order valence-electron chi connectivity index (χ0n) is 14.8. The largest absolute Gasteiger partial charge is 0.326 e. The Labute approximate surface area is 152 Å². The van der Waals surface area contributed by atoms with Crippen molar-refractivity contribution in [2.45, 2.75) is 32.2 Å². The van der Waals surface area contributed by atoms with Crippen LogP contribution in [0, 0.1) is 5.92 Å². The summed E-state index contributed by atoms with van der Waals surface area (Å²) in [5.41, 5.74) is 2.67. The Balaban J connectivity index is 1.66. The molecule has 1 aromatic carbocycles. The van der Waals surface area contributed by atoms with Crippen LogP contribution in [0.4, 0.5) is 11.4 Å². The summed E-state index contributed by atoms with van der Waals surface area (Å²) in [6.07, 6.45) is 10.2. The van der Waals surface area contributed by atoms with Gasteiger partial charge in [-0.15, -0.1) is 0 Å². The van der Waals surface area contributed by atoms with E-state index in [0.717, 1.165) is 36.2 Å². The highest BCUT2D eigenvalue weighted by atomic mass is 16.2. The highest BCUT2D eigenvalue weighted by molar-refractivity contribution is 5.95. The molecule has 26 heavy (non-hydrogen) atoms. The van der Waals surface area contributed by atoms with Gasteiger partial charge in [-0.1, -0.05) is 12.2 Å². The molecule has 1 atom stereocenters. The maximum Gasteiger partial charge on any atom is 0.228 e. The van der Waals surface area contributed by atoms with Gasteiger partial charge in [-0.25, -0.2) is 0 Å². The molecule has 6 nitrogen and oxygen atoms in total. The average molecular weight is 350 g/mol. The Hall–Kier alpha value is -2.89. The lowest BCUT2D eigenvalue weighted by Gasteiger charge is -2.34. The molecule has 134 valence electrons. The molecular weight excluding hydrogens is 328 g/mol. The summed E-state index contributed by atoms with van der Waals surface area (Å²) in [6, 6.07) is 7.74. The van der Waals surface area contributed by atoms with E-state index in [2.05, 4.69) is 22.6 Å². The minimum absolute atomic E-state index is 0.0154. The fraction of sp³-hybridized carbons (Fsp3) is 0.350. The normalized spacial score (nSPS) is 19.4. The van der Waals surface area contributed by atoms with E-state index in [0.29, 0.717) is 6.54 Å². The van der Waals surface area contributed by atoms with Crippen molar-refractivity contribution < 1.29 is 9.59 Å². The number of amides is 2. The quantitative estimate of drug-likeness (QED) is 0.865. The number of benzene rings is 1. The van der Waals surface area contributed by atoms with Gasteiger partial charge in [-0.3, -0.25) is 14.3 Å². The van der Waals surface area contributed by atoms with Crippen molar-refractivity contribution in [2.75, 3.05) is 16.8 Å². The van der Waals surface area contributed by atoms with Crippen LogP contribution in [0.1, 0.15) is 37.8 Å². The summed E-state index contributed by atoms with van der Waals surface area (Å²) in [5.74, 6) is 0.0884. The topological polar surface area (TPSA) is 67.2 Å². The molecular formula is C20H22N4O2. The summed E-state index contributed by atoms with van der Waals surface area (Å²) in [6.45, 7) is 2.24. The summed E-state index contributed by atoms with van der Waals surface area (Å²) in [5, 5.41) is 7.41. The van der Waals surface area contributed by atoms with E-state index in [1.807, 2.05) is 35.1 Å². The molecule has 2 aliphatic rings. The third-order valence-corrected chi connectivity index (χ3v) is 5.17. The summed E-state index contributed by atoms with van der Waals surface area (Å²) in [4.78, 5) is 26.2. The number of nitrogens with zero attached hydrogens (tertiary/aromatic N) is 3. The fourth-order valence-corrected chi connectivity index (χ4v) is 3.81. The molecule has 0 fully saturated rings. The first-order chi connectivity index (χ1) is 12.6. The minimum atomic E-state index is 0.0154. The molecule has 1 aliphatic carbocycles. The van der Waals surface area contributed by atoms with Gasteiger partial charge in [0.15, 0.2) is 0 Å². The fourth-order valence-electron chi connectivity index (χ4n) is 3.81. The summed E-state index contributed by atoms with van der Waals surface area (Å²) < 4.78 is 1.92. The molecule has 0 saturated carbocycles. The van der Waals surface area contributed by atoms with E-state index in [9.17, 15) is 9.59 Å². The van der Waals surface area contributed by atoms with E-state index in [-0.39, 0.29) is 23.8 Å². The van der Waals surface area contributed by atoms with Crippen LogP contribution < -0.4 is 10.2 Å². The molecule has 1 unspecified atom stereocenters. The van der Waals surface area contributed by atoms with Gasteiger partial charge < -0.3 is 10.2 Å². The Bertz CT molecular complexity index is 849. The second-order valence-corrected chi connectivity index (χ2v) is 6.86. The van der Waals surface area contributed by atoms with Crippen molar-refractivity contribution in [3.05, 3.63) is 54.4 Å². The van der Waals surface area contributed by atoms with Crippen molar-refractivity contribution >= 4 is 23.2 Å². The number of hydrogen-bond donors (Lipinski definition) is 1. The monoisotopic (exact) mass is 350 g/mol. The maximum atomic E-state index is 12.4. The van der Waals surface area contributed by atoms with Crippen LogP contribution in [0.15, 0.2) is 48.8 Å². The number of carbonyl (C=O) groups excluding carboxylic acids is 2. The smallest absolute Gasteiger partial charge is 0.228 e. The zero-order chi connectivity index (χ0) is 18.1. The molecule has 0 radical (unpaired) electrons. The van der Waals surface area contributed by atoms with E-state index in [1.54, 1.807) is 18.0 Å². The van der Waals surface area contributed by atoms with E-state index in [1.165, 1.54) is 0 Å². The van der Waals surface area contributed by atoms with Crippen LogP contribution in [0.3, 0.4) is 0 Å². The third-order valence-electron chi connectivity index (χ3n) is 5.17. The number of nitrogens with one attached hydrogen (secondary N) is 1. The second-order valence-electron chi connectivity index (χ2n) is 6.86. The molecule has 2 aromatic rings. The van der Waals surface area contributed by atoms with Crippen LogP contribution in [0.25, 0.3) is 0 Å². The number of carbonyl (C=O) groups is 2. The van der Waals surface area contributed by atoms with Crippen LogP contribution in [0.2, 0.25) is 0 Å². The number of anilines is 2. The van der Waals surface area contributed by atoms with Crippen molar-refractivity contribution in [3.63, 3.8) is 0 Å². The Morgan fingerprint density at radius 2 is 2.04 bits per heavy atom. The van der Waals surface area contributed by atoms with Gasteiger partial charge in [0, 0.05) is 48.7 Å². The van der Waals surface area contributed by atoms with Crippen molar-refractivity contribution in [2.24, 2.45) is 5.92 Å². The van der Waals surface area contributed by atoms with Gasteiger partial charge in [0.1, 0.15) is 0 Å². The van der Waals surface area contributed by atoms with Gasteiger partial charge in [-0.05, 0) is 43.5 Å². The molecule has 1 aromatic heterocycles. The molecule has 1 aliphatic heterocycles. The highest BCUT2D eigenvalue weighted by Gasteiger charge is 2.29. The lowest BCUT2D eigenvalue weighted by molar-refractivity contribution is -0.119.